The third-order valence-electron chi connectivity index (χ3n) is 3.97. The van der Waals surface area contributed by atoms with Crippen LogP contribution in [-0.4, -0.2) is 24.2 Å². The smallest absolute Gasteiger partial charge is 0.230 e. The predicted molar refractivity (Wildman–Crippen MR) is 97.8 cm³/mol. The SMILES string of the molecule is Cl.NCC1CCCCC1NC(=O)CSCc1ccc(Cl)cc1. The molecule has 0 aliphatic heterocycles. The van der Waals surface area contributed by atoms with Crippen LogP contribution in [0.5, 0.6) is 0 Å². The summed E-state index contributed by atoms with van der Waals surface area (Å²) in [7, 11) is 0. The molecule has 3 nitrogen and oxygen atoms in total. The summed E-state index contributed by atoms with van der Waals surface area (Å²) in [5.41, 5.74) is 6.98. The summed E-state index contributed by atoms with van der Waals surface area (Å²) in [6.45, 7) is 0.670. The van der Waals surface area contributed by atoms with Crippen molar-refractivity contribution in [1.82, 2.24) is 5.32 Å². The van der Waals surface area contributed by atoms with E-state index in [2.05, 4.69) is 5.32 Å². The molecule has 1 aromatic rings. The second kappa shape index (κ2) is 10.4. The minimum atomic E-state index is 0. The summed E-state index contributed by atoms with van der Waals surface area (Å²) in [4.78, 5) is 12.0. The van der Waals surface area contributed by atoms with Gasteiger partial charge in [-0.3, -0.25) is 4.79 Å². The lowest BCUT2D eigenvalue weighted by Crippen LogP contribution is -2.45. The number of hydrogen-bond donors (Lipinski definition) is 2. The molecule has 6 heteroatoms. The Morgan fingerprint density at radius 3 is 2.64 bits per heavy atom. The minimum Gasteiger partial charge on any atom is -0.352 e. The highest BCUT2D eigenvalue weighted by molar-refractivity contribution is 7.99. The lowest BCUT2D eigenvalue weighted by atomic mass is 9.84. The van der Waals surface area contributed by atoms with Crippen LogP contribution in [0.2, 0.25) is 5.02 Å². The lowest BCUT2D eigenvalue weighted by Gasteiger charge is -2.31. The molecule has 2 unspecified atom stereocenters. The highest BCUT2D eigenvalue weighted by Crippen LogP contribution is 2.23. The number of thioether (sulfide) groups is 1. The van der Waals surface area contributed by atoms with Crippen LogP contribution in [0.25, 0.3) is 0 Å². The standard InChI is InChI=1S/C16H23ClN2OS.ClH/c17-14-7-5-12(6-8-14)10-21-11-16(20)19-15-4-2-1-3-13(15)9-18;/h5-8,13,15H,1-4,9-11,18H2,(H,19,20);1H. The first-order valence-corrected chi connectivity index (χ1v) is 9.04. The summed E-state index contributed by atoms with van der Waals surface area (Å²) in [6, 6.07) is 8.03. The highest BCUT2D eigenvalue weighted by Gasteiger charge is 2.24. The molecule has 0 saturated heterocycles. The Balaban J connectivity index is 0.00000242. The Hall–Kier alpha value is -0.420. The van der Waals surface area contributed by atoms with Crippen LogP contribution in [0, 0.1) is 5.92 Å². The van der Waals surface area contributed by atoms with Crippen molar-refractivity contribution in [2.24, 2.45) is 11.7 Å². The first kappa shape index (κ1) is 19.6. The van der Waals surface area contributed by atoms with Crippen molar-refractivity contribution >= 4 is 41.7 Å². The average Bonchev–Trinajstić information content (AvgIpc) is 2.50. The van der Waals surface area contributed by atoms with E-state index in [9.17, 15) is 4.79 Å². The fourth-order valence-corrected chi connectivity index (χ4v) is 3.70. The molecule has 1 aliphatic rings. The Morgan fingerprint density at radius 1 is 1.27 bits per heavy atom. The van der Waals surface area contributed by atoms with E-state index >= 15 is 0 Å². The van der Waals surface area contributed by atoms with Gasteiger partial charge >= 0.3 is 0 Å². The normalized spacial score (nSPS) is 21.0. The molecule has 2 rings (SSSR count). The number of amides is 1. The van der Waals surface area contributed by atoms with Crippen LogP contribution in [-0.2, 0) is 10.5 Å². The van der Waals surface area contributed by atoms with Gasteiger partial charge in [-0.15, -0.1) is 24.2 Å². The average molecular weight is 363 g/mol. The molecule has 22 heavy (non-hydrogen) atoms. The monoisotopic (exact) mass is 362 g/mol. The first-order valence-electron chi connectivity index (χ1n) is 7.50. The number of benzene rings is 1. The number of hydrogen-bond acceptors (Lipinski definition) is 3. The fourth-order valence-electron chi connectivity index (χ4n) is 2.77. The Morgan fingerprint density at radius 2 is 1.95 bits per heavy atom. The fraction of sp³-hybridized carbons (Fsp3) is 0.562. The van der Waals surface area contributed by atoms with E-state index in [0.29, 0.717) is 18.2 Å². The molecule has 3 N–H and O–H groups in total. The Labute approximate surface area is 148 Å². The molecule has 124 valence electrons. The van der Waals surface area contributed by atoms with Gasteiger partial charge in [-0.25, -0.2) is 0 Å². The summed E-state index contributed by atoms with van der Waals surface area (Å²) in [5.74, 6) is 1.90. The maximum absolute atomic E-state index is 12.0. The van der Waals surface area contributed by atoms with E-state index in [4.69, 9.17) is 17.3 Å². The highest BCUT2D eigenvalue weighted by atomic mass is 35.5. The summed E-state index contributed by atoms with van der Waals surface area (Å²) >= 11 is 7.48. The van der Waals surface area contributed by atoms with Gasteiger partial charge in [0.15, 0.2) is 0 Å². The van der Waals surface area contributed by atoms with E-state index < -0.39 is 0 Å². The van der Waals surface area contributed by atoms with Gasteiger partial charge in [-0.1, -0.05) is 36.6 Å². The summed E-state index contributed by atoms with van der Waals surface area (Å²) < 4.78 is 0. The molecule has 1 amide bonds. The number of nitrogens with two attached hydrogens (primary N) is 1. The van der Waals surface area contributed by atoms with E-state index in [1.807, 2.05) is 24.3 Å². The van der Waals surface area contributed by atoms with Gasteiger partial charge in [0.1, 0.15) is 0 Å². The van der Waals surface area contributed by atoms with Crippen molar-refractivity contribution in [1.29, 1.82) is 0 Å². The van der Waals surface area contributed by atoms with E-state index in [0.717, 1.165) is 23.6 Å². The van der Waals surface area contributed by atoms with Crippen molar-refractivity contribution in [3.8, 4) is 0 Å². The van der Waals surface area contributed by atoms with Crippen LogP contribution >= 0.6 is 35.8 Å². The van der Waals surface area contributed by atoms with Crippen LogP contribution < -0.4 is 11.1 Å². The molecule has 0 heterocycles. The van der Waals surface area contributed by atoms with Crippen molar-refractivity contribution in [2.45, 2.75) is 37.5 Å². The van der Waals surface area contributed by atoms with Gasteiger partial charge < -0.3 is 11.1 Å². The Kier molecular flexibility index (Phi) is 9.25. The molecule has 0 aromatic heterocycles. The molecular weight excluding hydrogens is 339 g/mol. The number of halogens is 2. The molecule has 1 fully saturated rings. The molecule has 1 aromatic carbocycles. The molecule has 1 saturated carbocycles. The van der Waals surface area contributed by atoms with Gasteiger partial charge in [0.25, 0.3) is 0 Å². The van der Waals surface area contributed by atoms with Gasteiger partial charge in [0, 0.05) is 16.8 Å². The van der Waals surface area contributed by atoms with Gasteiger partial charge in [0.05, 0.1) is 5.75 Å². The van der Waals surface area contributed by atoms with Crippen LogP contribution in [0.3, 0.4) is 0 Å². The zero-order valence-electron chi connectivity index (χ0n) is 12.6. The number of carbonyl (C=O) groups is 1. The largest absolute Gasteiger partial charge is 0.352 e. The molecule has 0 radical (unpaired) electrons. The van der Waals surface area contributed by atoms with Crippen molar-refractivity contribution in [2.75, 3.05) is 12.3 Å². The lowest BCUT2D eigenvalue weighted by molar-refractivity contribution is -0.119. The van der Waals surface area contributed by atoms with E-state index in [1.54, 1.807) is 11.8 Å². The maximum Gasteiger partial charge on any atom is 0.230 e. The topological polar surface area (TPSA) is 55.1 Å². The van der Waals surface area contributed by atoms with E-state index in [-0.39, 0.29) is 24.4 Å². The number of carbonyl (C=O) groups excluding carboxylic acids is 1. The zero-order chi connectivity index (χ0) is 15.1. The van der Waals surface area contributed by atoms with Gasteiger partial charge in [-0.2, -0.15) is 0 Å². The molecule has 0 bridgehead atoms. The van der Waals surface area contributed by atoms with Gasteiger partial charge in [-0.05, 0) is 43.0 Å². The first-order chi connectivity index (χ1) is 10.2. The number of rotatable bonds is 6. The molecule has 0 spiro atoms. The van der Waals surface area contributed by atoms with Crippen LogP contribution in [0.15, 0.2) is 24.3 Å². The molecule has 2 atom stereocenters. The molecular formula is C16H24Cl2N2OS. The summed E-state index contributed by atoms with van der Waals surface area (Å²) in [5, 5.41) is 3.90. The second-order valence-corrected chi connectivity index (χ2v) is 7.00. The van der Waals surface area contributed by atoms with Crippen molar-refractivity contribution in [3.05, 3.63) is 34.9 Å². The van der Waals surface area contributed by atoms with Crippen LogP contribution in [0.1, 0.15) is 31.2 Å². The van der Waals surface area contributed by atoms with Gasteiger partial charge in [0.2, 0.25) is 5.91 Å². The van der Waals surface area contributed by atoms with E-state index in [1.165, 1.54) is 18.4 Å². The van der Waals surface area contributed by atoms with Crippen molar-refractivity contribution < 1.29 is 4.79 Å². The third-order valence-corrected chi connectivity index (χ3v) is 5.23. The zero-order valence-corrected chi connectivity index (χ0v) is 15.0. The predicted octanol–water partition coefficient (Wildman–Crippen LogP) is 3.63. The third kappa shape index (κ3) is 6.37. The molecule has 1 aliphatic carbocycles. The quantitative estimate of drug-likeness (QED) is 0.812. The number of nitrogens with one attached hydrogen (secondary N) is 1. The summed E-state index contributed by atoms with van der Waals surface area (Å²) in [6.07, 6.45) is 4.63. The second-order valence-electron chi connectivity index (χ2n) is 5.57. The minimum absolute atomic E-state index is 0. The van der Waals surface area contributed by atoms with Crippen LogP contribution in [0.4, 0.5) is 0 Å². The van der Waals surface area contributed by atoms with Crippen molar-refractivity contribution in [3.63, 3.8) is 0 Å². The Bertz CT molecular complexity index is 456. The maximum atomic E-state index is 12.0.